The van der Waals surface area contributed by atoms with E-state index >= 15 is 0 Å². The first-order chi connectivity index (χ1) is 13.3. The Morgan fingerprint density at radius 3 is 2.64 bits per heavy atom. The van der Waals surface area contributed by atoms with Gasteiger partial charge in [0.25, 0.3) is 5.69 Å². The number of fused-ring (bicyclic) bond motifs is 1. The topological polar surface area (TPSA) is 92.6 Å². The number of non-ortho nitro benzene ring substituents is 1. The fraction of sp³-hybridized carbons (Fsp3) is 0.300. The van der Waals surface area contributed by atoms with E-state index in [1.54, 1.807) is 17.9 Å². The highest BCUT2D eigenvalue weighted by Crippen LogP contribution is 2.33. The molecular weight excluding hydrogens is 378 g/mol. The molecule has 0 spiro atoms. The zero-order chi connectivity index (χ0) is 20.3. The molecule has 1 aliphatic heterocycles. The van der Waals surface area contributed by atoms with Crippen LogP contribution in [-0.4, -0.2) is 34.3 Å². The minimum atomic E-state index is -0.463. The maximum Gasteiger partial charge on any atom is 0.271 e. The predicted molar refractivity (Wildman–Crippen MR) is 111 cm³/mol. The molecule has 1 unspecified atom stereocenters. The van der Waals surface area contributed by atoms with Gasteiger partial charge in [0.15, 0.2) is 0 Å². The summed E-state index contributed by atoms with van der Waals surface area (Å²) in [6, 6.07) is 12.1. The summed E-state index contributed by atoms with van der Waals surface area (Å²) in [5, 5.41) is 13.4. The number of carbonyl (C=O) groups is 2. The monoisotopic (exact) mass is 399 g/mol. The molecule has 1 heterocycles. The summed E-state index contributed by atoms with van der Waals surface area (Å²) in [4.78, 5) is 37.1. The number of hydrogen-bond donors (Lipinski definition) is 1. The number of anilines is 2. The summed E-state index contributed by atoms with van der Waals surface area (Å²) in [6.07, 6.45) is 0.671. The smallest absolute Gasteiger partial charge is 0.271 e. The average molecular weight is 399 g/mol. The second-order valence-corrected chi connectivity index (χ2v) is 8.01. The van der Waals surface area contributed by atoms with Crippen LogP contribution in [0.2, 0.25) is 0 Å². The first kappa shape index (κ1) is 19.9. The minimum absolute atomic E-state index is 0.0313. The second kappa shape index (κ2) is 8.43. The highest BCUT2D eigenvalue weighted by Gasteiger charge is 2.30. The molecule has 1 N–H and O–H groups in total. The molecule has 2 amide bonds. The third kappa shape index (κ3) is 4.51. The molecule has 1 atom stereocenters. The van der Waals surface area contributed by atoms with Crippen molar-refractivity contribution in [1.29, 1.82) is 0 Å². The van der Waals surface area contributed by atoms with Crippen molar-refractivity contribution in [3.8, 4) is 0 Å². The SMILES string of the molecule is Cc1ccc(NC(=O)CSC(C)C(=O)N2CCc3ccc([N+](=O)[O-])cc32)cc1. The number of carbonyl (C=O) groups excluding carboxylic acids is 2. The number of amides is 2. The van der Waals surface area contributed by atoms with Gasteiger partial charge in [-0.05, 0) is 38.0 Å². The molecule has 0 aliphatic carbocycles. The number of hydrogen-bond acceptors (Lipinski definition) is 5. The third-order valence-corrected chi connectivity index (χ3v) is 5.72. The van der Waals surface area contributed by atoms with Crippen LogP contribution in [-0.2, 0) is 16.0 Å². The number of benzene rings is 2. The molecule has 1 aliphatic rings. The highest BCUT2D eigenvalue weighted by molar-refractivity contribution is 8.01. The van der Waals surface area contributed by atoms with E-state index in [-0.39, 0.29) is 23.3 Å². The molecule has 28 heavy (non-hydrogen) atoms. The van der Waals surface area contributed by atoms with E-state index in [2.05, 4.69) is 5.32 Å². The fourth-order valence-corrected chi connectivity index (χ4v) is 3.78. The number of nitro benzene ring substituents is 1. The number of nitrogens with one attached hydrogen (secondary N) is 1. The van der Waals surface area contributed by atoms with Crippen molar-refractivity contribution in [1.82, 2.24) is 0 Å². The van der Waals surface area contributed by atoms with E-state index in [4.69, 9.17) is 0 Å². The maximum absolute atomic E-state index is 12.8. The Morgan fingerprint density at radius 2 is 1.96 bits per heavy atom. The zero-order valence-corrected chi connectivity index (χ0v) is 16.5. The van der Waals surface area contributed by atoms with Gasteiger partial charge in [-0.2, -0.15) is 0 Å². The van der Waals surface area contributed by atoms with Crippen molar-refractivity contribution < 1.29 is 14.5 Å². The average Bonchev–Trinajstić information content (AvgIpc) is 3.10. The third-order valence-electron chi connectivity index (χ3n) is 4.59. The van der Waals surface area contributed by atoms with Crippen molar-refractivity contribution in [2.45, 2.75) is 25.5 Å². The number of nitrogens with zero attached hydrogens (tertiary/aromatic N) is 2. The lowest BCUT2D eigenvalue weighted by molar-refractivity contribution is -0.384. The molecule has 2 aromatic rings. The van der Waals surface area contributed by atoms with E-state index in [1.165, 1.54) is 23.9 Å². The molecule has 3 rings (SSSR count). The normalized spacial score (nSPS) is 13.7. The summed E-state index contributed by atoms with van der Waals surface area (Å²) in [5.74, 6) is -0.172. The number of rotatable bonds is 6. The lowest BCUT2D eigenvalue weighted by Crippen LogP contribution is -2.35. The van der Waals surface area contributed by atoms with Crippen molar-refractivity contribution in [3.05, 3.63) is 63.7 Å². The lowest BCUT2D eigenvalue weighted by atomic mass is 10.1. The van der Waals surface area contributed by atoms with E-state index in [0.29, 0.717) is 18.7 Å². The standard InChI is InChI=1S/C20H21N3O4S/c1-13-3-6-16(7-4-13)21-19(24)12-28-14(2)20(25)22-10-9-15-5-8-17(23(26)27)11-18(15)22/h3-8,11,14H,9-10,12H2,1-2H3,(H,21,24). The molecule has 0 fully saturated rings. The molecule has 8 heteroatoms. The van der Waals surface area contributed by atoms with Crippen molar-refractivity contribution >= 4 is 40.6 Å². The number of aryl methyl sites for hydroxylation is 1. The van der Waals surface area contributed by atoms with Crippen molar-refractivity contribution in [2.24, 2.45) is 0 Å². The fourth-order valence-electron chi connectivity index (χ4n) is 3.04. The van der Waals surface area contributed by atoms with Gasteiger partial charge in [-0.25, -0.2) is 0 Å². The van der Waals surface area contributed by atoms with Crippen LogP contribution in [0.1, 0.15) is 18.1 Å². The Balaban J connectivity index is 1.58. The van der Waals surface area contributed by atoms with E-state index < -0.39 is 10.2 Å². The van der Waals surface area contributed by atoms with Gasteiger partial charge in [-0.1, -0.05) is 23.8 Å². The zero-order valence-electron chi connectivity index (χ0n) is 15.7. The van der Waals surface area contributed by atoms with Crippen LogP contribution in [0.25, 0.3) is 0 Å². The van der Waals surface area contributed by atoms with Gasteiger partial charge in [0.1, 0.15) is 0 Å². The Hall–Kier alpha value is -2.87. The van der Waals surface area contributed by atoms with Crippen LogP contribution in [0.3, 0.4) is 0 Å². The van der Waals surface area contributed by atoms with Gasteiger partial charge in [-0.3, -0.25) is 19.7 Å². The number of thioether (sulfide) groups is 1. The lowest BCUT2D eigenvalue weighted by Gasteiger charge is -2.21. The minimum Gasteiger partial charge on any atom is -0.325 e. The van der Waals surface area contributed by atoms with Crippen LogP contribution in [0, 0.1) is 17.0 Å². The van der Waals surface area contributed by atoms with E-state index in [9.17, 15) is 19.7 Å². The van der Waals surface area contributed by atoms with Gasteiger partial charge >= 0.3 is 0 Å². The molecule has 0 aromatic heterocycles. The summed E-state index contributed by atoms with van der Waals surface area (Å²) in [7, 11) is 0. The van der Waals surface area contributed by atoms with Crippen LogP contribution in [0.5, 0.6) is 0 Å². The summed E-state index contributed by atoms with van der Waals surface area (Å²) in [5.41, 5.74) is 3.31. The van der Waals surface area contributed by atoms with Crippen LogP contribution >= 0.6 is 11.8 Å². The number of nitro groups is 1. The highest BCUT2D eigenvalue weighted by atomic mass is 32.2. The molecule has 0 saturated heterocycles. The molecule has 0 bridgehead atoms. The molecule has 7 nitrogen and oxygen atoms in total. The molecule has 0 saturated carbocycles. The Kier molecular flexibility index (Phi) is 5.99. The summed E-state index contributed by atoms with van der Waals surface area (Å²) >= 11 is 1.25. The Morgan fingerprint density at radius 1 is 1.25 bits per heavy atom. The largest absolute Gasteiger partial charge is 0.325 e. The van der Waals surface area contributed by atoms with E-state index in [1.807, 2.05) is 31.2 Å². The summed E-state index contributed by atoms with van der Waals surface area (Å²) < 4.78 is 0. The first-order valence-corrected chi connectivity index (χ1v) is 9.97. The summed E-state index contributed by atoms with van der Waals surface area (Å²) in [6.45, 7) is 4.22. The quantitative estimate of drug-likeness (QED) is 0.592. The van der Waals surface area contributed by atoms with Gasteiger partial charge in [0.2, 0.25) is 11.8 Å². The Labute approximate surface area is 167 Å². The van der Waals surface area contributed by atoms with Gasteiger partial charge < -0.3 is 10.2 Å². The van der Waals surface area contributed by atoms with Crippen LogP contribution in [0.4, 0.5) is 17.1 Å². The maximum atomic E-state index is 12.8. The molecular formula is C20H21N3O4S. The van der Waals surface area contributed by atoms with E-state index in [0.717, 1.165) is 16.8 Å². The van der Waals surface area contributed by atoms with Crippen LogP contribution < -0.4 is 10.2 Å². The van der Waals surface area contributed by atoms with Crippen molar-refractivity contribution in [3.63, 3.8) is 0 Å². The molecule has 146 valence electrons. The van der Waals surface area contributed by atoms with Crippen molar-refractivity contribution in [2.75, 3.05) is 22.5 Å². The van der Waals surface area contributed by atoms with Gasteiger partial charge in [-0.15, -0.1) is 11.8 Å². The Bertz CT molecular complexity index is 914. The first-order valence-electron chi connectivity index (χ1n) is 8.92. The van der Waals surface area contributed by atoms with Gasteiger partial charge in [0, 0.05) is 24.4 Å². The van der Waals surface area contributed by atoms with Crippen LogP contribution in [0.15, 0.2) is 42.5 Å². The second-order valence-electron chi connectivity index (χ2n) is 6.68. The molecule has 2 aromatic carbocycles. The van der Waals surface area contributed by atoms with Gasteiger partial charge in [0.05, 0.1) is 21.6 Å². The predicted octanol–water partition coefficient (Wildman–Crippen LogP) is 3.55. The molecule has 0 radical (unpaired) electrons.